The van der Waals surface area contributed by atoms with Crippen molar-refractivity contribution in [2.75, 3.05) is 18.1 Å². The zero-order valence-electron chi connectivity index (χ0n) is 15.2. The van der Waals surface area contributed by atoms with Gasteiger partial charge in [0.05, 0.1) is 11.8 Å². The Kier molecular flexibility index (Phi) is 6.03. The van der Waals surface area contributed by atoms with Crippen LogP contribution in [0.2, 0.25) is 0 Å². The average Bonchev–Trinajstić information content (AvgIpc) is 3.22. The Bertz CT molecular complexity index is 957. The average molecular weight is 376 g/mol. The topological polar surface area (TPSA) is 81.5 Å². The molecular weight excluding hydrogens is 352 g/mol. The van der Waals surface area contributed by atoms with Crippen molar-refractivity contribution in [3.8, 4) is 0 Å². The summed E-state index contributed by atoms with van der Waals surface area (Å²) in [5.41, 5.74) is 1.66. The lowest BCUT2D eigenvalue weighted by atomic mass is 10.4. The predicted molar refractivity (Wildman–Crippen MR) is 104 cm³/mol. The minimum absolute atomic E-state index is 0.0724. The van der Waals surface area contributed by atoms with E-state index in [9.17, 15) is 9.59 Å². The summed E-state index contributed by atoms with van der Waals surface area (Å²) in [6.07, 6.45) is 4.32. The summed E-state index contributed by atoms with van der Waals surface area (Å²) in [4.78, 5) is 24.9. The van der Waals surface area contributed by atoms with Gasteiger partial charge in [-0.2, -0.15) is 16.9 Å². The maximum Gasteiger partial charge on any atom is 0.291 e. The molecule has 3 heterocycles. The number of nitrogens with one attached hydrogen (secondary N) is 1. The van der Waals surface area contributed by atoms with Gasteiger partial charge in [0.25, 0.3) is 5.56 Å². The van der Waals surface area contributed by atoms with Gasteiger partial charge in [0.2, 0.25) is 5.91 Å². The summed E-state index contributed by atoms with van der Waals surface area (Å²) in [5, 5.41) is 7.26. The second kappa shape index (κ2) is 8.44. The van der Waals surface area contributed by atoms with Crippen molar-refractivity contribution in [3.63, 3.8) is 0 Å². The molecule has 0 aliphatic carbocycles. The lowest BCUT2D eigenvalue weighted by molar-refractivity contribution is -0.121. The normalized spacial score (nSPS) is 11.5. The monoisotopic (exact) mass is 376 g/mol. The van der Waals surface area contributed by atoms with Crippen molar-refractivity contribution in [1.29, 1.82) is 0 Å². The summed E-state index contributed by atoms with van der Waals surface area (Å²) < 4.78 is 8.44. The SMILES string of the molecule is CCCSCCCNC(=O)Cn1nc(CC)n2c(cc3occc32)c1=O. The molecule has 0 atom stereocenters. The van der Waals surface area contributed by atoms with E-state index in [1.54, 1.807) is 16.7 Å². The largest absolute Gasteiger partial charge is 0.463 e. The fourth-order valence-electron chi connectivity index (χ4n) is 2.90. The maximum atomic E-state index is 12.7. The second-order valence-electron chi connectivity index (χ2n) is 6.08. The molecule has 0 aliphatic heterocycles. The maximum absolute atomic E-state index is 12.7. The highest BCUT2D eigenvalue weighted by Crippen LogP contribution is 2.20. The van der Waals surface area contributed by atoms with Crippen molar-refractivity contribution in [2.45, 2.75) is 39.7 Å². The molecule has 3 rings (SSSR count). The molecular formula is C18H24N4O3S. The number of carbonyl (C=O) groups is 1. The van der Waals surface area contributed by atoms with Crippen LogP contribution in [-0.2, 0) is 17.8 Å². The number of fused-ring (bicyclic) bond motifs is 3. The van der Waals surface area contributed by atoms with Crippen LogP contribution in [0.3, 0.4) is 0 Å². The van der Waals surface area contributed by atoms with Gasteiger partial charge >= 0.3 is 0 Å². The quantitative estimate of drug-likeness (QED) is 0.580. The molecule has 140 valence electrons. The Morgan fingerprint density at radius 2 is 2.15 bits per heavy atom. The molecule has 0 radical (unpaired) electrons. The smallest absolute Gasteiger partial charge is 0.291 e. The molecule has 0 spiro atoms. The predicted octanol–water partition coefficient (Wildman–Crippen LogP) is 2.45. The summed E-state index contributed by atoms with van der Waals surface area (Å²) in [7, 11) is 0. The number of amides is 1. The molecule has 0 aliphatic rings. The number of carbonyl (C=O) groups excluding carboxylic acids is 1. The van der Waals surface area contributed by atoms with Crippen LogP contribution in [0.5, 0.6) is 0 Å². The third-order valence-corrected chi connectivity index (χ3v) is 5.39. The van der Waals surface area contributed by atoms with Gasteiger partial charge in [-0.05, 0) is 24.3 Å². The molecule has 7 nitrogen and oxygen atoms in total. The molecule has 0 saturated heterocycles. The lowest BCUT2D eigenvalue weighted by Crippen LogP contribution is -2.35. The van der Waals surface area contributed by atoms with E-state index in [0.29, 0.717) is 24.1 Å². The van der Waals surface area contributed by atoms with Gasteiger partial charge in [-0.15, -0.1) is 0 Å². The van der Waals surface area contributed by atoms with E-state index >= 15 is 0 Å². The zero-order chi connectivity index (χ0) is 18.5. The van der Waals surface area contributed by atoms with E-state index in [4.69, 9.17) is 4.42 Å². The van der Waals surface area contributed by atoms with Crippen LogP contribution >= 0.6 is 11.8 Å². The summed E-state index contributed by atoms with van der Waals surface area (Å²) in [6.45, 7) is 4.67. The highest BCUT2D eigenvalue weighted by Gasteiger charge is 2.16. The fourth-order valence-corrected chi connectivity index (χ4v) is 3.74. The summed E-state index contributed by atoms with van der Waals surface area (Å²) >= 11 is 1.89. The first-order valence-electron chi connectivity index (χ1n) is 8.98. The summed E-state index contributed by atoms with van der Waals surface area (Å²) in [5.74, 6) is 2.70. The Morgan fingerprint density at radius 3 is 2.92 bits per heavy atom. The van der Waals surface area contributed by atoms with Crippen LogP contribution in [0.1, 0.15) is 32.5 Å². The molecule has 1 N–H and O–H groups in total. The molecule has 0 saturated carbocycles. The van der Waals surface area contributed by atoms with Gasteiger partial charge in [0.1, 0.15) is 17.9 Å². The highest BCUT2D eigenvalue weighted by molar-refractivity contribution is 7.99. The molecule has 0 bridgehead atoms. The van der Waals surface area contributed by atoms with E-state index in [1.807, 2.05) is 24.8 Å². The minimum Gasteiger partial charge on any atom is -0.463 e. The number of nitrogens with zero attached hydrogens (tertiary/aromatic N) is 3. The van der Waals surface area contributed by atoms with Gasteiger partial charge in [-0.1, -0.05) is 13.8 Å². The molecule has 0 aromatic carbocycles. The van der Waals surface area contributed by atoms with Gasteiger partial charge < -0.3 is 9.73 Å². The Hall–Kier alpha value is -2.22. The van der Waals surface area contributed by atoms with Crippen molar-refractivity contribution < 1.29 is 9.21 Å². The molecule has 1 amide bonds. The van der Waals surface area contributed by atoms with Gasteiger partial charge in [0.15, 0.2) is 5.58 Å². The number of hydrogen-bond donors (Lipinski definition) is 1. The number of hydrogen-bond acceptors (Lipinski definition) is 5. The van der Waals surface area contributed by atoms with E-state index in [2.05, 4.69) is 17.3 Å². The van der Waals surface area contributed by atoms with Crippen LogP contribution in [0.4, 0.5) is 0 Å². The molecule has 0 unspecified atom stereocenters. The fraction of sp³-hybridized carbons (Fsp3) is 0.500. The number of aromatic nitrogens is 3. The molecule has 8 heteroatoms. The molecule has 3 aromatic heterocycles. The van der Waals surface area contributed by atoms with E-state index in [0.717, 1.165) is 35.7 Å². The van der Waals surface area contributed by atoms with Crippen molar-refractivity contribution in [2.24, 2.45) is 0 Å². The van der Waals surface area contributed by atoms with Gasteiger partial charge in [0, 0.05) is 25.1 Å². The van der Waals surface area contributed by atoms with Gasteiger partial charge in [-0.25, -0.2) is 4.68 Å². The molecule has 0 fully saturated rings. The van der Waals surface area contributed by atoms with E-state index in [1.165, 1.54) is 4.68 Å². The molecule has 26 heavy (non-hydrogen) atoms. The zero-order valence-corrected chi connectivity index (χ0v) is 16.0. The number of furan rings is 1. The Labute approximate surface area is 155 Å². The van der Waals surface area contributed by atoms with Crippen LogP contribution < -0.4 is 10.9 Å². The third kappa shape index (κ3) is 3.80. The van der Waals surface area contributed by atoms with Gasteiger partial charge in [-0.3, -0.25) is 14.0 Å². The number of aryl methyl sites for hydroxylation is 1. The number of thioether (sulfide) groups is 1. The Balaban J connectivity index is 1.73. The van der Waals surface area contributed by atoms with E-state index < -0.39 is 0 Å². The van der Waals surface area contributed by atoms with Crippen LogP contribution in [0.25, 0.3) is 16.6 Å². The first-order valence-corrected chi connectivity index (χ1v) is 10.1. The Morgan fingerprint density at radius 1 is 1.31 bits per heavy atom. The van der Waals surface area contributed by atoms with E-state index in [-0.39, 0.29) is 18.0 Å². The van der Waals surface area contributed by atoms with Crippen molar-refractivity contribution in [3.05, 3.63) is 34.6 Å². The highest BCUT2D eigenvalue weighted by atomic mass is 32.2. The van der Waals surface area contributed by atoms with Crippen LogP contribution in [0, 0.1) is 0 Å². The van der Waals surface area contributed by atoms with Crippen LogP contribution in [0.15, 0.2) is 27.6 Å². The first kappa shape index (κ1) is 18.6. The van der Waals surface area contributed by atoms with Crippen LogP contribution in [-0.4, -0.2) is 38.1 Å². The minimum atomic E-state index is -0.290. The second-order valence-corrected chi connectivity index (χ2v) is 7.31. The van der Waals surface area contributed by atoms with Crippen molar-refractivity contribution in [1.82, 2.24) is 19.5 Å². The summed E-state index contributed by atoms with van der Waals surface area (Å²) in [6, 6.07) is 3.52. The molecule has 3 aromatic rings. The van der Waals surface area contributed by atoms with Crippen molar-refractivity contribution >= 4 is 34.3 Å². The first-order chi connectivity index (χ1) is 12.7. The third-order valence-electron chi connectivity index (χ3n) is 4.12. The standard InChI is InChI=1S/C18H24N4O3S/c1-3-9-26-10-5-7-19-17(23)12-21-18(24)14-11-15-13(6-8-25-15)22(14)16(4-2)20-21/h6,8,11H,3-5,7,9-10,12H2,1-2H3,(H,19,23). The number of rotatable bonds is 9. The lowest BCUT2D eigenvalue weighted by Gasteiger charge is -2.10.